The number of fused-ring (bicyclic) bond motifs is 1. The normalized spacial score (nSPS) is 20.7. The third-order valence-corrected chi connectivity index (χ3v) is 7.57. The number of nitrogens with zero attached hydrogens (tertiary/aromatic N) is 2. The Hall–Kier alpha value is -1.88. The summed E-state index contributed by atoms with van der Waals surface area (Å²) in [6.45, 7) is 8.88. The van der Waals surface area contributed by atoms with Crippen LogP contribution in [0.15, 0.2) is 30.5 Å². The van der Waals surface area contributed by atoms with Crippen LogP contribution in [0.1, 0.15) is 60.1 Å². The van der Waals surface area contributed by atoms with Crippen molar-refractivity contribution in [3.8, 4) is 0 Å². The second kappa shape index (κ2) is 7.86. The zero-order valence-corrected chi connectivity index (χ0v) is 18.0. The van der Waals surface area contributed by atoms with Crippen LogP contribution in [-0.4, -0.2) is 30.0 Å². The first-order valence-corrected chi connectivity index (χ1v) is 11.3. The summed E-state index contributed by atoms with van der Waals surface area (Å²) in [6, 6.07) is 8.45. The Morgan fingerprint density at radius 1 is 1.21 bits per heavy atom. The van der Waals surface area contributed by atoms with E-state index in [1.54, 1.807) is 11.3 Å². The molecular formula is C23H31N3OS. The van der Waals surface area contributed by atoms with Crippen molar-refractivity contribution in [3.05, 3.63) is 45.8 Å². The van der Waals surface area contributed by atoms with Gasteiger partial charge in [-0.15, -0.1) is 11.3 Å². The number of aromatic nitrogens is 1. The Labute approximate surface area is 172 Å². The van der Waals surface area contributed by atoms with Gasteiger partial charge in [-0.2, -0.15) is 0 Å². The molecule has 0 saturated carbocycles. The highest BCUT2D eigenvalue weighted by Gasteiger charge is 2.31. The third kappa shape index (κ3) is 4.24. The van der Waals surface area contributed by atoms with Gasteiger partial charge in [0.05, 0.1) is 4.88 Å². The van der Waals surface area contributed by atoms with Crippen molar-refractivity contribution in [2.75, 3.05) is 18.0 Å². The standard InChI is InChI=1S/C23H31N3OS/c1-23(2,3)17-7-8-19-16(14-17)15-20(28-19)22(27)25-18-9-12-26(13-10-18)21-6-4-5-11-24-21/h4-6,11,15,17-18H,7-10,12-14H2,1-3H3,(H,25,27). The Morgan fingerprint density at radius 2 is 2.00 bits per heavy atom. The van der Waals surface area contributed by atoms with Crippen LogP contribution in [0.25, 0.3) is 0 Å². The maximum Gasteiger partial charge on any atom is 0.261 e. The fraction of sp³-hybridized carbons (Fsp3) is 0.565. The SMILES string of the molecule is CC(C)(C)C1CCc2sc(C(=O)NC3CCN(c4ccccn4)CC3)cc2C1. The molecule has 1 atom stereocenters. The van der Waals surface area contributed by atoms with Crippen LogP contribution in [0.4, 0.5) is 5.82 Å². The molecule has 28 heavy (non-hydrogen) atoms. The average molecular weight is 398 g/mol. The molecule has 1 saturated heterocycles. The molecule has 150 valence electrons. The van der Waals surface area contributed by atoms with Gasteiger partial charge in [0.25, 0.3) is 5.91 Å². The number of piperidine rings is 1. The van der Waals surface area contributed by atoms with Crippen LogP contribution >= 0.6 is 11.3 Å². The Morgan fingerprint density at radius 3 is 2.68 bits per heavy atom. The van der Waals surface area contributed by atoms with E-state index >= 15 is 0 Å². The number of carbonyl (C=O) groups excluding carboxylic acids is 1. The van der Waals surface area contributed by atoms with Crippen LogP contribution < -0.4 is 10.2 Å². The zero-order chi connectivity index (χ0) is 19.7. The van der Waals surface area contributed by atoms with Gasteiger partial charge in [0.1, 0.15) is 5.82 Å². The largest absolute Gasteiger partial charge is 0.356 e. The maximum atomic E-state index is 12.8. The lowest BCUT2D eigenvalue weighted by Gasteiger charge is -2.33. The van der Waals surface area contributed by atoms with Crippen LogP contribution in [-0.2, 0) is 12.8 Å². The Balaban J connectivity index is 1.34. The van der Waals surface area contributed by atoms with Crippen molar-refractivity contribution in [2.45, 2.75) is 58.9 Å². The van der Waals surface area contributed by atoms with Crippen molar-refractivity contribution in [1.29, 1.82) is 0 Å². The van der Waals surface area contributed by atoms with E-state index in [1.807, 2.05) is 18.3 Å². The lowest BCUT2D eigenvalue weighted by molar-refractivity contribution is 0.0935. The third-order valence-electron chi connectivity index (χ3n) is 6.33. The molecule has 1 aliphatic heterocycles. The second-order valence-corrected chi connectivity index (χ2v) is 10.4. The van der Waals surface area contributed by atoms with E-state index in [2.05, 4.69) is 48.1 Å². The van der Waals surface area contributed by atoms with Crippen LogP contribution in [0.2, 0.25) is 0 Å². The summed E-state index contributed by atoms with van der Waals surface area (Å²) >= 11 is 1.71. The fourth-order valence-corrected chi connectivity index (χ4v) is 5.54. The van der Waals surface area contributed by atoms with Crippen molar-refractivity contribution in [3.63, 3.8) is 0 Å². The second-order valence-electron chi connectivity index (χ2n) is 9.29. The van der Waals surface area contributed by atoms with Gasteiger partial charge in [-0.1, -0.05) is 26.8 Å². The van der Waals surface area contributed by atoms with Gasteiger partial charge < -0.3 is 10.2 Å². The molecular weight excluding hydrogens is 366 g/mol. The van der Waals surface area contributed by atoms with Crippen LogP contribution in [0, 0.1) is 11.3 Å². The first-order valence-electron chi connectivity index (χ1n) is 10.5. The molecule has 3 heterocycles. The number of carbonyl (C=O) groups is 1. The molecule has 1 unspecified atom stereocenters. The van der Waals surface area contributed by atoms with Gasteiger partial charge in [-0.05, 0) is 67.2 Å². The molecule has 0 bridgehead atoms. The number of aryl methyl sites for hydroxylation is 1. The molecule has 1 fully saturated rings. The van der Waals surface area contributed by atoms with Crippen molar-refractivity contribution in [2.24, 2.45) is 11.3 Å². The quantitative estimate of drug-likeness (QED) is 0.817. The number of amides is 1. The van der Waals surface area contributed by atoms with Gasteiger partial charge in [-0.3, -0.25) is 4.79 Å². The molecule has 4 nitrogen and oxygen atoms in total. The van der Waals surface area contributed by atoms with E-state index in [9.17, 15) is 4.79 Å². The van der Waals surface area contributed by atoms with Crippen molar-refractivity contribution in [1.82, 2.24) is 10.3 Å². The highest BCUT2D eigenvalue weighted by atomic mass is 32.1. The van der Waals surface area contributed by atoms with E-state index in [1.165, 1.54) is 16.9 Å². The predicted octanol–water partition coefficient (Wildman–Crippen LogP) is 4.69. The van der Waals surface area contributed by atoms with Gasteiger partial charge in [0.2, 0.25) is 0 Å². The number of pyridine rings is 1. The van der Waals surface area contributed by atoms with E-state index in [4.69, 9.17) is 0 Å². The molecule has 1 aliphatic carbocycles. The molecule has 0 aromatic carbocycles. The summed E-state index contributed by atoms with van der Waals surface area (Å²) in [7, 11) is 0. The molecule has 5 heteroatoms. The first-order chi connectivity index (χ1) is 13.4. The van der Waals surface area contributed by atoms with Gasteiger partial charge in [-0.25, -0.2) is 4.98 Å². The van der Waals surface area contributed by atoms with Crippen LogP contribution in [0.5, 0.6) is 0 Å². The van der Waals surface area contributed by atoms with Crippen molar-refractivity contribution >= 4 is 23.1 Å². The number of hydrogen-bond donors (Lipinski definition) is 1. The maximum absolute atomic E-state index is 12.8. The summed E-state index contributed by atoms with van der Waals surface area (Å²) in [5, 5.41) is 3.28. The molecule has 2 aromatic rings. The summed E-state index contributed by atoms with van der Waals surface area (Å²) in [5.74, 6) is 1.86. The van der Waals surface area contributed by atoms with Gasteiger partial charge >= 0.3 is 0 Å². The summed E-state index contributed by atoms with van der Waals surface area (Å²) in [6.07, 6.45) is 7.26. The Bertz CT molecular complexity index is 816. The minimum atomic E-state index is 0.114. The molecule has 1 N–H and O–H groups in total. The molecule has 0 spiro atoms. The highest BCUT2D eigenvalue weighted by Crippen LogP contribution is 2.40. The molecule has 4 rings (SSSR count). The molecule has 2 aromatic heterocycles. The number of rotatable bonds is 3. The van der Waals surface area contributed by atoms with Gasteiger partial charge in [0.15, 0.2) is 0 Å². The molecule has 1 amide bonds. The van der Waals surface area contributed by atoms with E-state index in [-0.39, 0.29) is 11.9 Å². The minimum Gasteiger partial charge on any atom is -0.356 e. The zero-order valence-electron chi connectivity index (χ0n) is 17.2. The summed E-state index contributed by atoms with van der Waals surface area (Å²) in [5.41, 5.74) is 1.75. The monoisotopic (exact) mass is 397 g/mol. The molecule has 0 radical (unpaired) electrons. The fourth-order valence-electron chi connectivity index (χ4n) is 4.43. The summed E-state index contributed by atoms with van der Waals surface area (Å²) in [4.78, 5) is 21.9. The van der Waals surface area contributed by atoms with Crippen molar-refractivity contribution < 1.29 is 4.79 Å². The smallest absolute Gasteiger partial charge is 0.261 e. The number of anilines is 1. The predicted molar refractivity (Wildman–Crippen MR) is 116 cm³/mol. The minimum absolute atomic E-state index is 0.114. The van der Waals surface area contributed by atoms with Gasteiger partial charge in [0, 0.05) is 30.2 Å². The first kappa shape index (κ1) is 19.4. The van der Waals surface area contributed by atoms with E-state index < -0.39 is 0 Å². The Kier molecular flexibility index (Phi) is 5.46. The van der Waals surface area contributed by atoms with E-state index in [0.29, 0.717) is 11.3 Å². The molecule has 2 aliphatic rings. The number of hydrogen-bond acceptors (Lipinski definition) is 4. The summed E-state index contributed by atoms with van der Waals surface area (Å²) < 4.78 is 0. The lowest BCUT2D eigenvalue weighted by atomic mass is 9.72. The number of nitrogens with one attached hydrogen (secondary N) is 1. The topological polar surface area (TPSA) is 45.2 Å². The highest BCUT2D eigenvalue weighted by molar-refractivity contribution is 7.14. The average Bonchev–Trinajstić information content (AvgIpc) is 3.12. The van der Waals surface area contributed by atoms with E-state index in [0.717, 1.165) is 49.5 Å². The van der Waals surface area contributed by atoms with Crippen LogP contribution in [0.3, 0.4) is 0 Å². The number of thiophene rings is 1. The lowest BCUT2D eigenvalue weighted by Crippen LogP contribution is -2.44.